The first kappa shape index (κ1) is 16.3. The minimum absolute atomic E-state index is 0.600. The fourth-order valence-electron chi connectivity index (χ4n) is 2.55. The van der Waals surface area contributed by atoms with Crippen LogP contribution in [-0.4, -0.2) is 31.6 Å². The third kappa shape index (κ3) is 5.40. The number of benzene rings is 1. The van der Waals surface area contributed by atoms with E-state index in [-0.39, 0.29) is 0 Å². The number of ether oxygens (including phenoxy) is 1. The van der Waals surface area contributed by atoms with E-state index in [1.165, 1.54) is 24.2 Å². The molecule has 0 bridgehead atoms. The van der Waals surface area contributed by atoms with Gasteiger partial charge >= 0.3 is 0 Å². The van der Waals surface area contributed by atoms with Gasteiger partial charge in [-0.3, -0.25) is 0 Å². The summed E-state index contributed by atoms with van der Waals surface area (Å²) in [6.07, 6.45) is 3.59. The van der Waals surface area contributed by atoms with Crippen molar-refractivity contribution in [2.75, 3.05) is 25.5 Å². The predicted octanol–water partition coefficient (Wildman–Crippen LogP) is 4.34. The smallest absolute Gasteiger partial charge is 0.0469 e. The minimum Gasteiger partial charge on any atom is -0.381 e. The van der Waals surface area contributed by atoms with Crippen molar-refractivity contribution in [3.8, 4) is 0 Å². The van der Waals surface area contributed by atoms with Crippen LogP contribution in [0.25, 0.3) is 0 Å². The molecule has 20 heavy (non-hydrogen) atoms. The maximum Gasteiger partial charge on any atom is 0.0469 e. The van der Waals surface area contributed by atoms with Crippen molar-refractivity contribution in [3.63, 3.8) is 0 Å². The molecule has 2 nitrogen and oxygen atoms in total. The first-order chi connectivity index (χ1) is 9.79. The van der Waals surface area contributed by atoms with Gasteiger partial charge in [0, 0.05) is 34.4 Å². The molecular weight excluding hydrogens is 334 g/mol. The van der Waals surface area contributed by atoms with Crippen LogP contribution >= 0.6 is 27.7 Å². The normalized spacial score (nSPS) is 18.1. The van der Waals surface area contributed by atoms with Gasteiger partial charge in [-0.05, 0) is 49.9 Å². The van der Waals surface area contributed by atoms with Crippen molar-refractivity contribution in [1.29, 1.82) is 0 Å². The van der Waals surface area contributed by atoms with Gasteiger partial charge in [0.25, 0.3) is 0 Å². The molecule has 4 heteroatoms. The zero-order chi connectivity index (χ0) is 14.2. The van der Waals surface area contributed by atoms with E-state index in [2.05, 4.69) is 52.4 Å². The first-order valence-corrected chi connectivity index (χ1v) is 9.27. The monoisotopic (exact) mass is 357 g/mol. The van der Waals surface area contributed by atoms with Gasteiger partial charge in [0.2, 0.25) is 0 Å². The molecule has 1 saturated heterocycles. The maximum atomic E-state index is 5.49. The summed E-state index contributed by atoms with van der Waals surface area (Å²) >= 11 is 5.50. The van der Waals surface area contributed by atoms with Crippen LogP contribution in [0.1, 0.15) is 26.2 Å². The van der Waals surface area contributed by atoms with Crippen LogP contribution in [0.4, 0.5) is 0 Å². The Hall–Kier alpha value is -0.0300. The Balaban J connectivity index is 1.89. The summed E-state index contributed by atoms with van der Waals surface area (Å²) in [7, 11) is 0. The molecular formula is C16H24BrNOS. The van der Waals surface area contributed by atoms with Crippen molar-refractivity contribution in [1.82, 2.24) is 5.32 Å². The van der Waals surface area contributed by atoms with E-state index in [4.69, 9.17) is 4.74 Å². The van der Waals surface area contributed by atoms with Gasteiger partial charge < -0.3 is 10.1 Å². The van der Waals surface area contributed by atoms with Crippen LogP contribution in [0, 0.1) is 5.92 Å². The summed E-state index contributed by atoms with van der Waals surface area (Å²) in [6.45, 7) is 5.20. The molecule has 1 unspecified atom stereocenters. The molecule has 112 valence electrons. The topological polar surface area (TPSA) is 21.3 Å². The van der Waals surface area contributed by atoms with Crippen LogP contribution in [0.15, 0.2) is 33.6 Å². The van der Waals surface area contributed by atoms with Gasteiger partial charge in [0.05, 0.1) is 0 Å². The molecule has 0 saturated carbocycles. The Morgan fingerprint density at radius 3 is 2.90 bits per heavy atom. The average molecular weight is 358 g/mol. The quantitative estimate of drug-likeness (QED) is 0.733. The van der Waals surface area contributed by atoms with Gasteiger partial charge in [-0.15, -0.1) is 11.8 Å². The Bertz CT molecular complexity index is 396. The molecule has 1 aliphatic heterocycles. The molecule has 1 fully saturated rings. The summed E-state index contributed by atoms with van der Waals surface area (Å²) < 4.78 is 6.65. The van der Waals surface area contributed by atoms with E-state index in [0.29, 0.717) is 6.04 Å². The number of hydrogen-bond acceptors (Lipinski definition) is 3. The molecule has 1 atom stereocenters. The highest BCUT2D eigenvalue weighted by atomic mass is 79.9. The minimum atomic E-state index is 0.600. The average Bonchev–Trinajstić information content (AvgIpc) is 2.48. The SMILES string of the molecule is CCCNC(CSc1cccc(Br)c1)C1CCOCC1. The van der Waals surface area contributed by atoms with Crippen molar-refractivity contribution in [3.05, 3.63) is 28.7 Å². The standard InChI is InChI=1S/C16H24BrNOS/c1-2-8-18-16(13-6-9-19-10-7-13)12-20-15-5-3-4-14(17)11-15/h3-5,11,13,16,18H,2,6-10,12H2,1H3. The summed E-state index contributed by atoms with van der Waals surface area (Å²) in [5.41, 5.74) is 0. The third-order valence-corrected chi connectivity index (χ3v) is 5.32. The lowest BCUT2D eigenvalue weighted by Crippen LogP contribution is -2.41. The van der Waals surface area contributed by atoms with Crippen molar-refractivity contribution in [2.24, 2.45) is 5.92 Å². The lowest BCUT2D eigenvalue weighted by molar-refractivity contribution is 0.0566. The van der Waals surface area contributed by atoms with E-state index < -0.39 is 0 Å². The number of rotatable bonds is 7. The van der Waals surface area contributed by atoms with E-state index >= 15 is 0 Å². The number of thioether (sulfide) groups is 1. The summed E-state index contributed by atoms with van der Waals surface area (Å²) in [5.74, 6) is 1.90. The molecule has 1 aliphatic rings. The Morgan fingerprint density at radius 1 is 1.40 bits per heavy atom. The van der Waals surface area contributed by atoms with Crippen LogP contribution in [-0.2, 0) is 4.74 Å². The molecule has 0 spiro atoms. The van der Waals surface area contributed by atoms with Crippen LogP contribution in [0.5, 0.6) is 0 Å². The second-order valence-corrected chi connectivity index (χ2v) is 7.29. The summed E-state index contributed by atoms with van der Waals surface area (Å²) in [5, 5.41) is 3.74. The van der Waals surface area contributed by atoms with E-state index in [9.17, 15) is 0 Å². The van der Waals surface area contributed by atoms with Crippen LogP contribution in [0.2, 0.25) is 0 Å². The zero-order valence-corrected chi connectivity index (χ0v) is 14.5. The van der Waals surface area contributed by atoms with E-state index in [1.54, 1.807) is 0 Å². The van der Waals surface area contributed by atoms with Crippen molar-refractivity contribution in [2.45, 2.75) is 37.1 Å². The highest BCUT2D eigenvalue weighted by Crippen LogP contribution is 2.27. The molecule has 0 aromatic heterocycles. The Morgan fingerprint density at radius 2 is 2.20 bits per heavy atom. The van der Waals surface area contributed by atoms with E-state index in [1.807, 2.05) is 11.8 Å². The molecule has 1 heterocycles. The van der Waals surface area contributed by atoms with E-state index in [0.717, 1.165) is 35.9 Å². The highest BCUT2D eigenvalue weighted by molar-refractivity contribution is 9.10. The van der Waals surface area contributed by atoms with Crippen molar-refractivity contribution >= 4 is 27.7 Å². The van der Waals surface area contributed by atoms with Gasteiger partial charge in [0.1, 0.15) is 0 Å². The van der Waals surface area contributed by atoms with Crippen LogP contribution < -0.4 is 5.32 Å². The Labute approximate surface area is 135 Å². The molecule has 0 amide bonds. The largest absolute Gasteiger partial charge is 0.381 e. The molecule has 1 aromatic carbocycles. The predicted molar refractivity (Wildman–Crippen MR) is 90.5 cm³/mol. The molecule has 0 aliphatic carbocycles. The van der Waals surface area contributed by atoms with Gasteiger partial charge in [-0.2, -0.15) is 0 Å². The number of hydrogen-bond donors (Lipinski definition) is 1. The van der Waals surface area contributed by atoms with Crippen molar-refractivity contribution < 1.29 is 4.74 Å². The van der Waals surface area contributed by atoms with Gasteiger partial charge in [0.15, 0.2) is 0 Å². The fourth-order valence-corrected chi connectivity index (χ4v) is 4.25. The molecule has 1 N–H and O–H groups in total. The molecule has 0 radical (unpaired) electrons. The fraction of sp³-hybridized carbons (Fsp3) is 0.625. The molecule has 2 rings (SSSR count). The summed E-state index contributed by atoms with van der Waals surface area (Å²) in [4.78, 5) is 1.34. The number of halogens is 1. The van der Waals surface area contributed by atoms with Gasteiger partial charge in [-0.1, -0.05) is 28.9 Å². The second kappa shape index (κ2) is 9.08. The lowest BCUT2D eigenvalue weighted by Gasteiger charge is -2.31. The van der Waals surface area contributed by atoms with Gasteiger partial charge in [-0.25, -0.2) is 0 Å². The van der Waals surface area contributed by atoms with Crippen LogP contribution in [0.3, 0.4) is 0 Å². The molecule has 1 aromatic rings. The summed E-state index contributed by atoms with van der Waals surface area (Å²) in [6, 6.07) is 9.18. The Kier molecular flexibility index (Phi) is 7.42. The first-order valence-electron chi connectivity index (χ1n) is 7.49. The third-order valence-electron chi connectivity index (χ3n) is 3.72. The lowest BCUT2D eigenvalue weighted by atomic mass is 9.93. The highest BCUT2D eigenvalue weighted by Gasteiger charge is 2.23. The number of nitrogens with one attached hydrogen (secondary N) is 1. The zero-order valence-electron chi connectivity index (χ0n) is 12.1. The second-order valence-electron chi connectivity index (χ2n) is 5.28. The maximum absolute atomic E-state index is 5.49.